The van der Waals surface area contributed by atoms with Crippen LogP contribution in [0.1, 0.15) is 58.1 Å². The maximum atomic E-state index is 12.3. The average Bonchev–Trinajstić information content (AvgIpc) is 2.54. The molecule has 1 fully saturated rings. The molecule has 3 atom stereocenters. The number of urea groups is 1. The SMILES string of the molecule is CC(C)NC(=O)C1CCCC(NC(=O)NC(C)c2ccc(Br)cc2)C1. The third-order valence-corrected chi connectivity index (χ3v) is 5.06. The van der Waals surface area contributed by atoms with Gasteiger partial charge in [0.25, 0.3) is 0 Å². The van der Waals surface area contributed by atoms with E-state index in [1.54, 1.807) is 0 Å². The topological polar surface area (TPSA) is 70.2 Å². The van der Waals surface area contributed by atoms with Crippen LogP contribution in [0.5, 0.6) is 0 Å². The second-order valence-electron chi connectivity index (χ2n) is 7.11. The van der Waals surface area contributed by atoms with Crippen molar-refractivity contribution in [2.45, 2.75) is 64.6 Å². The fourth-order valence-electron chi connectivity index (χ4n) is 3.22. The summed E-state index contributed by atoms with van der Waals surface area (Å²) in [5.74, 6) is 0.0930. The predicted molar refractivity (Wildman–Crippen MR) is 103 cm³/mol. The zero-order valence-electron chi connectivity index (χ0n) is 15.1. The van der Waals surface area contributed by atoms with Crippen LogP contribution in [0, 0.1) is 5.92 Å². The van der Waals surface area contributed by atoms with E-state index in [9.17, 15) is 9.59 Å². The minimum atomic E-state index is -0.176. The van der Waals surface area contributed by atoms with E-state index in [2.05, 4.69) is 31.9 Å². The zero-order chi connectivity index (χ0) is 18.4. The Morgan fingerprint density at radius 2 is 1.76 bits per heavy atom. The molecular formula is C19H28BrN3O2. The standard InChI is InChI=1S/C19H28BrN3O2/c1-12(2)21-18(24)15-5-4-6-17(11-15)23-19(25)22-13(3)14-7-9-16(20)10-8-14/h7-10,12-13,15,17H,4-6,11H2,1-3H3,(H,21,24)(H2,22,23,25). The number of hydrogen-bond donors (Lipinski definition) is 3. The Morgan fingerprint density at radius 1 is 1.08 bits per heavy atom. The second-order valence-corrected chi connectivity index (χ2v) is 8.03. The molecule has 138 valence electrons. The highest BCUT2D eigenvalue weighted by Gasteiger charge is 2.28. The van der Waals surface area contributed by atoms with Gasteiger partial charge in [0.2, 0.25) is 5.91 Å². The number of carbonyl (C=O) groups excluding carboxylic acids is 2. The maximum Gasteiger partial charge on any atom is 0.315 e. The lowest BCUT2D eigenvalue weighted by molar-refractivity contribution is -0.126. The molecule has 5 nitrogen and oxygen atoms in total. The van der Waals surface area contributed by atoms with E-state index in [1.807, 2.05) is 45.0 Å². The molecule has 25 heavy (non-hydrogen) atoms. The summed E-state index contributed by atoms with van der Waals surface area (Å²) in [6.45, 7) is 5.89. The smallest absolute Gasteiger partial charge is 0.315 e. The summed E-state index contributed by atoms with van der Waals surface area (Å²) in [5, 5.41) is 8.98. The van der Waals surface area contributed by atoms with E-state index >= 15 is 0 Å². The van der Waals surface area contributed by atoms with Crippen LogP contribution >= 0.6 is 15.9 Å². The Morgan fingerprint density at radius 3 is 2.40 bits per heavy atom. The molecule has 1 aliphatic carbocycles. The fourth-order valence-corrected chi connectivity index (χ4v) is 3.48. The first-order valence-corrected chi connectivity index (χ1v) is 9.77. The van der Waals surface area contributed by atoms with Gasteiger partial charge in [-0.1, -0.05) is 34.5 Å². The van der Waals surface area contributed by atoms with Crippen molar-refractivity contribution >= 4 is 27.9 Å². The highest BCUT2D eigenvalue weighted by atomic mass is 79.9. The molecule has 0 saturated heterocycles. The van der Waals surface area contributed by atoms with Gasteiger partial charge < -0.3 is 16.0 Å². The molecule has 3 amide bonds. The summed E-state index contributed by atoms with van der Waals surface area (Å²) in [6.07, 6.45) is 3.49. The number of amides is 3. The van der Waals surface area contributed by atoms with Gasteiger partial charge in [0.15, 0.2) is 0 Å². The van der Waals surface area contributed by atoms with Crippen LogP contribution in [-0.4, -0.2) is 24.0 Å². The van der Waals surface area contributed by atoms with E-state index in [-0.39, 0.29) is 36.0 Å². The van der Waals surface area contributed by atoms with Crippen LogP contribution in [0.25, 0.3) is 0 Å². The lowest BCUT2D eigenvalue weighted by atomic mass is 9.85. The summed E-state index contributed by atoms with van der Waals surface area (Å²) < 4.78 is 1.01. The average molecular weight is 410 g/mol. The molecule has 0 aromatic heterocycles. The fraction of sp³-hybridized carbons (Fsp3) is 0.579. The van der Waals surface area contributed by atoms with Crippen molar-refractivity contribution in [3.05, 3.63) is 34.3 Å². The quantitative estimate of drug-likeness (QED) is 0.689. The van der Waals surface area contributed by atoms with E-state index in [1.165, 1.54) is 0 Å². The summed E-state index contributed by atoms with van der Waals surface area (Å²) in [4.78, 5) is 24.5. The van der Waals surface area contributed by atoms with Gasteiger partial charge in [-0.05, 0) is 57.7 Å². The first-order chi connectivity index (χ1) is 11.8. The predicted octanol–water partition coefficient (Wildman–Crippen LogP) is 3.89. The van der Waals surface area contributed by atoms with Crippen LogP contribution in [0.15, 0.2) is 28.7 Å². The van der Waals surface area contributed by atoms with Crippen molar-refractivity contribution in [2.24, 2.45) is 5.92 Å². The molecule has 2 rings (SSSR count). The van der Waals surface area contributed by atoms with Gasteiger partial charge in [0, 0.05) is 22.5 Å². The Balaban J connectivity index is 1.83. The van der Waals surface area contributed by atoms with Gasteiger partial charge in [0.05, 0.1) is 6.04 Å². The normalized spacial score (nSPS) is 21.5. The molecule has 1 aromatic rings. The Labute approximate surface area is 158 Å². The Kier molecular flexibility index (Phi) is 7.29. The highest BCUT2D eigenvalue weighted by molar-refractivity contribution is 9.10. The first-order valence-electron chi connectivity index (χ1n) is 8.98. The number of nitrogens with one attached hydrogen (secondary N) is 3. The van der Waals surface area contributed by atoms with Gasteiger partial charge in [-0.15, -0.1) is 0 Å². The molecule has 0 radical (unpaired) electrons. The van der Waals surface area contributed by atoms with Gasteiger partial charge in [0.1, 0.15) is 0 Å². The number of rotatable bonds is 5. The van der Waals surface area contributed by atoms with Gasteiger partial charge in [-0.3, -0.25) is 4.79 Å². The molecule has 3 unspecified atom stereocenters. The second kappa shape index (κ2) is 9.22. The number of hydrogen-bond acceptors (Lipinski definition) is 2. The number of carbonyl (C=O) groups is 2. The van der Waals surface area contributed by atoms with Crippen molar-refractivity contribution in [3.63, 3.8) is 0 Å². The molecule has 1 saturated carbocycles. The Hall–Kier alpha value is -1.56. The van der Waals surface area contributed by atoms with Crippen LogP contribution in [0.4, 0.5) is 4.79 Å². The summed E-state index contributed by atoms with van der Waals surface area (Å²) in [7, 11) is 0. The van der Waals surface area contributed by atoms with E-state index in [0.29, 0.717) is 6.42 Å². The first kappa shape index (κ1) is 19.8. The van der Waals surface area contributed by atoms with Crippen LogP contribution in [0.3, 0.4) is 0 Å². The summed E-state index contributed by atoms with van der Waals surface area (Å²) >= 11 is 3.41. The molecule has 6 heteroatoms. The van der Waals surface area contributed by atoms with Gasteiger partial charge in [-0.2, -0.15) is 0 Å². The maximum absolute atomic E-state index is 12.3. The third-order valence-electron chi connectivity index (χ3n) is 4.53. The summed E-state index contributed by atoms with van der Waals surface area (Å²) in [6, 6.07) is 7.85. The lowest BCUT2D eigenvalue weighted by Gasteiger charge is -2.30. The number of halogens is 1. The summed E-state index contributed by atoms with van der Waals surface area (Å²) in [5.41, 5.74) is 1.05. The minimum Gasteiger partial charge on any atom is -0.354 e. The zero-order valence-corrected chi connectivity index (χ0v) is 16.7. The van der Waals surface area contributed by atoms with Gasteiger partial charge in [-0.25, -0.2) is 4.79 Å². The molecule has 0 spiro atoms. The van der Waals surface area contributed by atoms with Crippen LogP contribution in [0.2, 0.25) is 0 Å². The van der Waals surface area contributed by atoms with Crippen molar-refractivity contribution in [1.82, 2.24) is 16.0 Å². The highest BCUT2D eigenvalue weighted by Crippen LogP contribution is 2.25. The third kappa shape index (κ3) is 6.34. The van der Waals surface area contributed by atoms with Gasteiger partial charge >= 0.3 is 6.03 Å². The molecule has 0 heterocycles. The van der Waals surface area contributed by atoms with E-state index in [4.69, 9.17) is 0 Å². The number of benzene rings is 1. The molecule has 0 bridgehead atoms. The molecule has 1 aliphatic rings. The molecule has 1 aromatic carbocycles. The minimum absolute atomic E-state index is 0.00894. The largest absolute Gasteiger partial charge is 0.354 e. The van der Waals surface area contributed by atoms with Crippen LogP contribution in [-0.2, 0) is 4.79 Å². The van der Waals surface area contributed by atoms with Crippen LogP contribution < -0.4 is 16.0 Å². The molecule has 3 N–H and O–H groups in total. The Bertz CT molecular complexity index is 589. The van der Waals surface area contributed by atoms with Crippen molar-refractivity contribution in [2.75, 3.05) is 0 Å². The van der Waals surface area contributed by atoms with Crippen molar-refractivity contribution < 1.29 is 9.59 Å². The molecular weight excluding hydrogens is 382 g/mol. The molecule has 0 aliphatic heterocycles. The van der Waals surface area contributed by atoms with E-state index in [0.717, 1.165) is 29.3 Å². The van der Waals surface area contributed by atoms with E-state index < -0.39 is 0 Å². The van der Waals surface area contributed by atoms with Crippen molar-refractivity contribution in [3.8, 4) is 0 Å². The lowest BCUT2D eigenvalue weighted by Crippen LogP contribution is -2.47. The van der Waals surface area contributed by atoms with Crippen molar-refractivity contribution in [1.29, 1.82) is 0 Å². The monoisotopic (exact) mass is 409 g/mol.